The number of benzene rings is 2. The van der Waals surface area contributed by atoms with Crippen molar-refractivity contribution in [1.82, 2.24) is 0 Å². The lowest BCUT2D eigenvalue weighted by molar-refractivity contribution is 0.505. The molecule has 0 fully saturated rings. The molecule has 0 aliphatic heterocycles. The van der Waals surface area contributed by atoms with E-state index >= 15 is 0 Å². The summed E-state index contributed by atoms with van der Waals surface area (Å²) in [4.78, 5) is 0. The van der Waals surface area contributed by atoms with E-state index in [1.807, 2.05) is 0 Å². The van der Waals surface area contributed by atoms with E-state index < -0.39 is 0 Å². The fourth-order valence-corrected chi connectivity index (χ4v) is 2.87. The minimum Gasteiger partial charge on any atom is -0.456 e. The quantitative estimate of drug-likeness (QED) is 0.521. The Labute approximate surface area is 133 Å². The van der Waals surface area contributed by atoms with Gasteiger partial charge in [-0.2, -0.15) is 0 Å². The third-order valence-electron chi connectivity index (χ3n) is 5.00. The van der Waals surface area contributed by atoms with Crippen molar-refractivity contribution >= 4 is 21.9 Å². The molecular formula is C21H26O. The van der Waals surface area contributed by atoms with Crippen molar-refractivity contribution in [3.05, 3.63) is 47.5 Å². The van der Waals surface area contributed by atoms with Gasteiger partial charge in [0, 0.05) is 10.8 Å². The summed E-state index contributed by atoms with van der Waals surface area (Å²) in [6, 6.07) is 13.3. The summed E-state index contributed by atoms with van der Waals surface area (Å²) >= 11 is 0. The largest absolute Gasteiger partial charge is 0.456 e. The number of hydrogen-bond acceptors (Lipinski definition) is 1. The molecule has 0 aliphatic carbocycles. The zero-order valence-electron chi connectivity index (χ0n) is 14.6. The Morgan fingerprint density at radius 1 is 0.773 bits per heavy atom. The molecule has 116 valence electrons. The predicted octanol–water partition coefficient (Wildman–Crippen LogP) is 6.57. The highest BCUT2D eigenvalue weighted by molar-refractivity contribution is 6.05. The van der Waals surface area contributed by atoms with Gasteiger partial charge in [0.1, 0.15) is 11.2 Å². The van der Waals surface area contributed by atoms with E-state index in [2.05, 4.69) is 77.9 Å². The molecule has 1 nitrogen and oxygen atoms in total. The van der Waals surface area contributed by atoms with Gasteiger partial charge in [0.05, 0.1) is 0 Å². The Kier molecular flexibility index (Phi) is 3.36. The molecule has 0 bridgehead atoms. The fourth-order valence-electron chi connectivity index (χ4n) is 2.87. The van der Waals surface area contributed by atoms with Crippen molar-refractivity contribution in [3.8, 4) is 0 Å². The van der Waals surface area contributed by atoms with E-state index in [1.165, 1.54) is 21.9 Å². The summed E-state index contributed by atoms with van der Waals surface area (Å²) in [7, 11) is 0. The van der Waals surface area contributed by atoms with E-state index in [0.29, 0.717) is 0 Å². The topological polar surface area (TPSA) is 13.1 Å². The van der Waals surface area contributed by atoms with Crippen LogP contribution in [0.4, 0.5) is 0 Å². The molecule has 0 atom stereocenters. The van der Waals surface area contributed by atoms with Gasteiger partial charge in [0.25, 0.3) is 0 Å². The first-order chi connectivity index (χ1) is 10.2. The zero-order chi connectivity index (χ0) is 16.1. The summed E-state index contributed by atoms with van der Waals surface area (Å²) in [5.74, 6) is 0. The van der Waals surface area contributed by atoms with Crippen molar-refractivity contribution in [1.29, 1.82) is 0 Å². The lowest BCUT2D eigenvalue weighted by atomic mass is 9.82. The minimum atomic E-state index is 0.141. The van der Waals surface area contributed by atoms with Crippen LogP contribution in [0, 0.1) is 0 Å². The van der Waals surface area contributed by atoms with Crippen molar-refractivity contribution in [2.24, 2.45) is 0 Å². The minimum absolute atomic E-state index is 0.141. The van der Waals surface area contributed by atoms with Gasteiger partial charge in [-0.1, -0.05) is 65.8 Å². The molecule has 0 saturated carbocycles. The molecule has 1 heteroatoms. The maximum Gasteiger partial charge on any atom is 0.135 e. The summed E-state index contributed by atoms with van der Waals surface area (Å²) < 4.78 is 6.17. The van der Waals surface area contributed by atoms with Crippen LogP contribution in [0.3, 0.4) is 0 Å². The molecule has 0 spiro atoms. The molecule has 3 aromatic rings. The smallest absolute Gasteiger partial charge is 0.135 e. The summed E-state index contributed by atoms with van der Waals surface area (Å²) in [5, 5.41) is 2.43. The highest BCUT2D eigenvalue weighted by atomic mass is 16.3. The third kappa shape index (κ3) is 2.43. The Morgan fingerprint density at radius 2 is 1.27 bits per heavy atom. The second kappa shape index (κ2) is 4.87. The molecule has 0 aliphatic rings. The molecule has 1 aromatic heterocycles. The second-order valence-electron chi connectivity index (χ2n) is 8.01. The fraction of sp³-hybridized carbons (Fsp3) is 0.429. The molecule has 0 radical (unpaired) electrons. The van der Waals surface area contributed by atoms with Crippen molar-refractivity contribution < 1.29 is 4.42 Å². The van der Waals surface area contributed by atoms with Gasteiger partial charge in [0.2, 0.25) is 0 Å². The van der Waals surface area contributed by atoms with Crippen LogP contribution >= 0.6 is 0 Å². The first-order valence-corrected chi connectivity index (χ1v) is 8.19. The highest BCUT2D eigenvalue weighted by Crippen LogP contribution is 2.35. The second-order valence-corrected chi connectivity index (χ2v) is 8.01. The molecule has 3 rings (SSSR count). The van der Waals surface area contributed by atoms with Crippen LogP contribution in [-0.2, 0) is 10.8 Å². The van der Waals surface area contributed by atoms with Crippen LogP contribution in [-0.4, -0.2) is 0 Å². The van der Waals surface area contributed by atoms with E-state index in [-0.39, 0.29) is 10.8 Å². The predicted molar refractivity (Wildman–Crippen MR) is 95.7 cm³/mol. The Hall–Kier alpha value is -1.76. The summed E-state index contributed by atoms with van der Waals surface area (Å²) in [6.45, 7) is 13.5. The molecule has 0 amide bonds. The Bertz CT molecular complexity index is 828. The average Bonchev–Trinajstić information content (AvgIpc) is 2.82. The molecule has 1 heterocycles. The van der Waals surface area contributed by atoms with Crippen LogP contribution in [0.2, 0.25) is 0 Å². The standard InChI is InChI=1S/C21H26O/c1-7-21(5,6)15-9-11-17-16-10-8-14(20(2,3)4)12-18(16)22-19(17)13-15/h8-13H,7H2,1-6H3. The van der Waals surface area contributed by atoms with Gasteiger partial charge in [0.15, 0.2) is 0 Å². The summed E-state index contributed by atoms with van der Waals surface area (Å²) in [6.07, 6.45) is 1.12. The van der Waals surface area contributed by atoms with Crippen LogP contribution < -0.4 is 0 Å². The van der Waals surface area contributed by atoms with Gasteiger partial charge in [-0.05, 0) is 40.5 Å². The van der Waals surface area contributed by atoms with E-state index in [0.717, 1.165) is 17.6 Å². The van der Waals surface area contributed by atoms with Crippen LogP contribution in [0.25, 0.3) is 21.9 Å². The Morgan fingerprint density at radius 3 is 1.77 bits per heavy atom. The number of hydrogen-bond donors (Lipinski definition) is 0. The molecule has 0 saturated heterocycles. The van der Waals surface area contributed by atoms with E-state index in [1.54, 1.807) is 0 Å². The van der Waals surface area contributed by atoms with Gasteiger partial charge in [-0.15, -0.1) is 0 Å². The van der Waals surface area contributed by atoms with Gasteiger partial charge < -0.3 is 4.42 Å². The number of rotatable bonds is 2. The first kappa shape index (κ1) is 15.1. The third-order valence-corrected chi connectivity index (χ3v) is 5.00. The SMILES string of the molecule is CCC(C)(C)c1ccc2c(c1)oc1cc(C(C)(C)C)ccc12. The van der Waals surface area contributed by atoms with Crippen molar-refractivity contribution in [2.45, 2.75) is 58.8 Å². The number of furan rings is 1. The lowest BCUT2D eigenvalue weighted by Crippen LogP contribution is -2.14. The van der Waals surface area contributed by atoms with Gasteiger partial charge >= 0.3 is 0 Å². The van der Waals surface area contributed by atoms with E-state index in [4.69, 9.17) is 4.42 Å². The molecular weight excluding hydrogens is 268 g/mol. The van der Waals surface area contributed by atoms with Crippen LogP contribution in [0.15, 0.2) is 40.8 Å². The Balaban J connectivity index is 2.21. The lowest BCUT2D eigenvalue weighted by Gasteiger charge is -2.22. The highest BCUT2D eigenvalue weighted by Gasteiger charge is 2.20. The van der Waals surface area contributed by atoms with Crippen LogP contribution in [0.1, 0.15) is 59.1 Å². The van der Waals surface area contributed by atoms with Crippen molar-refractivity contribution in [2.75, 3.05) is 0 Å². The zero-order valence-corrected chi connectivity index (χ0v) is 14.6. The van der Waals surface area contributed by atoms with Crippen LogP contribution in [0.5, 0.6) is 0 Å². The first-order valence-electron chi connectivity index (χ1n) is 8.19. The van der Waals surface area contributed by atoms with E-state index in [9.17, 15) is 0 Å². The molecule has 0 N–H and O–H groups in total. The maximum atomic E-state index is 6.17. The normalized spacial score (nSPS) is 13.2. The van der Waals surface area contributed by atoms with Gasteiger partial charge in [-0.3, -0.25) is 0 Å². The molecule has 0 unspecified atom stereocenters. The summed E-state index contributed by atoms with van der Waals surface area (Å²) in [5.41, 5.74) is 4.98. The monoisotopic (exact) mass is 294 g/mol. The number of fused-ring (bicyclic) bond motifs is 3. The van der Waals surface area contributed by atoms with Gasteiger partial charge in [-0.25, -0.2) is 0 Å². The van der Waals surface area contributed by atoms with Crippen molar-refractivity contribution in [3.63, 3.8) is 0 Å². The average molecular weight is 294 g/mol. The maximum absolute atomic E-state index is 6.17. The molecule has 22 heavy (non-hydrogen) atoms. The molecule has 2 aromatic carbocycles.